The number of furan rings is 1. The number of nitrogens with zero attached hydrogens (tertiary/aromatic N) is 1. The molecule has 0 saturated carbocycles. The number of hydrogen-bond donors (Lipinski definition) is 0. The number of benzene rings is 1. The molecule has 75 valence electrons. The highest BCUT2D eigenvalue weighted by Gasteiger charge is 2.14. The number of rotatable bonds is 3. The van der Waals surface area contributed by atoms with E-state index in [0.717, 1.165) is 0 Å². The second kappa shape index (κ2) is 4.18. The van der Waals surface area contributed by atoms with E-state index in [0.29, 0.717) is 9.99 Å². The first-order chi connectivity index (χ1) is 7.27. The van der Waals surface area contributed by atoms with Crippen LogP contribution >= 0.6 is 11.8 Å². The normalized spacial score (nSPS) is 10.1. The molecular formula is C10H6NO3S. The van der Waals surface area contributed by atoms with Crippen molar-refractivity contribution in [1.82, 2.24) is 0 Å². The SMILES string of the molecule is O=[N+]([O-])c1c[c]ccc1Sc1ccco1. The Balaban J connectivity index is 2.32. The summed E-state index contributed by atoms with van der Waals surface area (Å²) in [5.41, 5.74) is 0.0406. The lowest BCUT2D eigenvalue weighted by Gasteiger charge is -1.98. The van der Waals surface area contributed by atoms with E-state index in [9.17, 15) is 10.1 Å². The lowest BCUT2D eigenvalue weighted by Crippen LogP contribution is -1.89. The molecule has 0 unspecified atom stereocenters. The molecular weight excluding hydrogens is 214 g/mol. The first-order valence-electron chi connectivity index (χ1n) is 4.13. The van der Waals surface area contributed by atoms with E-state index in [1.807, 2.05) is 0 Å². The lowest BCUT2D eigenvalue weighted by molar-refractivity contribution is -0.387. The van der Waals surface area contributed by atoms with Gasteiger partial charge in [0.2, 0.25) is 0 Å². The maximum Gasteiger partial charge on any atom is 0.283 e. The van der Waals surface area contributed by atoms with Crippen LogP contribution in [0.5, 0.6) is 0 Å². The van der Waals surface area contributed by atoms with Crippen LogP contribution in [0.3, 0.4) is 0 Å². The van der Waals surface area contributed by atoms with Crippen molar-refractivity contribution in [2.75, 3.05) is 0 Å². The molecule has 1 heterocycles. The van der Waals surface area contributed by atoms with E-state index in [4.69, 9.17) is 4.42 Å². The standard InChI is InChI=1S/C10H6NO3S/c12-11(13)8-4-1-2-5-9(8)15-10-6-3-7-14-10/h2-7H. The molecule has 0 atom stereocenters. The summed E-state index contributed by atoms with van der Waals surface area (Å²) in [6.07, 6.45) is 1.53. The molecule has 0 N–H and O–H groups in total. The van der Waals surface area contributed by atoms with Crippen LogP contribution in [-0.4, -0.2) is 4.92 Å². The van der Waals surface area contributed by atoms with Crippen molar-refractivity contribution >= 4 is 17.4 Å². The minimum Gasteiger partial charge on any atom is -0.458 e. The van der Waals surface area contributed by atoms with Crippen molar-refractivity contribution in [1.29, 1.82) is 0 Å². The Morgan fingerprint density at radius 3 is 3.00 bits per heavy atom. The summed E-state index contributed by atoms with van der Waals surface area (Å²) >= 11 is 1.22. The molecule has 1 aromatic heterocycles. The van der Waals surface area contributed by atoms with Crippen molar-refractivity contribution < 1.29 is 9.34 Å². The summed E-state index contributed by atoms with van der Waals surface area (Å²) in [5, 5.41) is 11.3. The van der Waals surface area contributed by atoms with Gasteiger partial charge in [-0.3, -0.25) is 10.1 Å². The maximum atomic E-state index is 10.7. The Labute approximate surface area is 90.1 Å². The van der Waals surface area contributed by atoms with Gasteiger partial charge in [0.1, 0.15) is 0 Å². The Hall–Kier alpha value is -1.75. The van der Waals surface area contributed by atoms with E-state index in [-0.39, 0.29) is 5.69 Å². The minimum absolute atomic E-state index is 0.0406. The average molecular weight is 220 g/mol. The Bertz CT molecular complexity index is 467. The summed E-state index contributed by atoms with van der Waals surface area (Å²) in [6.45, 7) is 0. The summed E-state index contributed by atoms with van der Waals surface area (Å²) in [4.78, 5) is 10.8. The molecule has 1 radical (unpaired) electrons. The Morgan fingerprint density at radius 1 is 1.47 bits per heavy atom. The zero-order valence-corrected chi connectivity index (χ0v) is 8.36. The van der Waals surface area contributed by atoms with Gasteiger partial charge in [0.25, 0.3) is 5.69 Å². The van der Waals surface area contributed by atoms with E-state index in [1.165, 1.54) is 24.1 Å². The van der Waals surface area contributed by atoms with E-state index < -0.39 is 4.92 Å². The molecule has 0 spiro atoms. The molecule has 0 aliphatic carbocycles. The van der Waals surface area contributed by atoms with E-state index >= 15 is 0 Å². The van der Waals surface area contributed by atoms with Gasteiger partial charge in [-0.1, -0.05) is 6.07 Å². The molecule has 0 saturated heterocycles. The van der Waals surface area contributed by atoms with Crippen molar-refractivity contribution in [2.45, 2.75) is 9.99 Å². The first-order valence-corrected chi connectivity index (χ1v) is 4.95. The van der Waals surface area contributed by atoms with Crippen LogP contribution in [0.15, 0.2) is 51.0 Å². The highest BCUT2D eigenvalue weighted by molar-refractivity contribution is 7.99. The minimum atomic E-state index is -0.429. The summed E-state index contributed by atoms with van der Waals surface area (Å²) < 4.78 is 5.10. The van der Waals surface area contributed by atoms with Gasteiger partial charge in [-0.15, -0.1) is 0 Å². The molecule has 0 aliphatic heterocycles. The van der Waals surface area contributed by atoms with Crippen molar-refractivity contribution in [3.05, 3.63) is 52.8 Å². The number of hydrogen-bond acceptors (Lipinski definition) is 4. The van der Waals surface area contributed by atoms with Crippen LogP contribution in [0.2, 0.25) is 0 Å². The van der Waals surface area contributed by atoms with Crippen LogP contribution in [0.25, 0.3) is 0 Å². The van der Waals surface area contributed by atoms with Gasteiger partial charge in [0, 0.05) is 6.07 Å². The zero-order valence-electron chi connectivity index (χ0n) is 7.54. The van der Waals surface area contributed by atoms with Gasteiger partial charge in [0.15, 0.2) is 5.09 Å². The summed E-state index contributed by atoms with van der Waals surface area (Å²) in [7, 11) is 0. The quantitative estimate of drug-likeness (QED) is 0.589. The molecule has 1 aromatic carbocycles. The number of nitro benzene ring substituents is 1. The van der Waals surface area contributed by atoms with Crippen LogP contribution in [0, 0.1) is 16.2 Å². The van der Waals surface area contributed by atoms with Gasteiger partial charge < -0.3 is 4.42 Å². The third-order valence-electron chi connectivity index (χ3n) is 1.71. The van der Waals surface area contributed by atoms with Gasteiger partial charge in [-0.2, -0.15) is 0 Å². The monoisotopic (exact) mass is 220 g/mol. The van der Waals surface area contributed by atoms with Crippen LogP contribution in [0.1, 0.15) is 0 Å². The molecule has 4 nitrogen and oxygen atoms in total. The van der Waals surface area contributed by atoms with Gasteiger partial charge in [-0.25, -0.2) is 0 Å². The fraction of sp³-hybridized carbons (Fsp3) is 0. The molecule has 0 amide bonds. The molecule has 0 aliphatic rings. The predicted molar refractivity (Wildman–Crippen MR) is 54.8 cm³/mol. The first kappa shape index (κ1) is 9.79. The van der Waals surface area contributed by atoms with Gasteiger partial charge in [-0.05, 0) is 36.0 Å². The van der Waals surface area contributed by atoms with Gasteiger partial charge in [0.05, 0.1) is 16.1 Å². The second-order valence-corrected chi connectivity index (χ2v) is 3.73. The lowest BCUT2D eigenvalue weighted by atomic mass is 10.3. The predicted octanol–water partition coefficient (Wildman–Crippen LogP) is 3.14. The topological polar surface area (TPSA) is 56.3 Å². The molecule has 2 rings (SSSR count). The van der Waals surface area contributed by atoms with Crippen molar-refractivity contribution in [3.63, 3.8) is 0 Å². The maximum absolute atomic E-state index is 10.7. The molecule has 2 aromatic rings. The Kier molecular flexibility index (Phi) is 2.73. The zero-order chi connectivity index (χ0) is 10.7. The summed E-state index contributed by atoms with van der Waals surface area (Å²) in [5.74, 6) is 0. The largest absolute Gasteiger partial charge is 0.458 e. The van der Waals surface area contributed by atoms with Crippen LogP contribution < -0.4 is 0 Å². The fourth-order valence-electron chi connectivity index (χ4n) is 1.07. The average Bonchev–Trinajstić information content (AvgIpc) is 2.71. The Morgan fingerprint density at radius 2 is 2.33 bits per heavy atom. The highest BCUT2D eigenvalue weighted by atomic mass is 32.2. The fourth-order valence-corrected chi connectivity index (χ4v) is 1.91. The van der Waals surface area contributed by atoms with Crippen molar-refractivity contribution in [3.8, 4) is 0 Å². The molecule has 15 heavy (non-hydrogen) atoms. The molecule has 0 fully saturated rings. The summed E-state index contributed by atoms with van der Waals surface area (Å²) in [6, 6.07) is 10.8. The van der Waals surface area contributed by atoms with Crippen LogP contribution in [-0.2, 0) is 0 Å². The second-order valence-electron chi connectivity index (χ2n) is 2.69. The van der Waals surface area contributed by atoms with Gasteiger partial charge >= 0.3 is 0 Å². The smallest absolute Gasteiger partial charge is 0.283 e. The van der Waals surface area contributed by atoms with E-state index in [1.54, 1.807) is 24.3 Å². The van der Waals surface area contributed by atoms with Crippen LogP contribution in [0.4, 0.5) is 5.69 Å². The van der Waals surface area contributed by atoms with E-state index in [2.05, 4.69) is 6.07 Å². The number of nitro groups is 1. The van der Waals surface area contributed by atoms with Crippen molar-refractivity contribution in [2.24, 2.45) is 0 Å². The molecule has 5 heteroatoms. The highest BCUT2D eigenvalue weighted by Crippen LogP contribution is 2.34. The molecule has 0 bridgehead atoms. The third kappa shape index (κ3) is 2.19. The third-order valence-corrected chi connectivity index (χ3v) is 2.70.